The van der Waals surface area contributed by atoms with Crippen LogP contribution in [0.2, 0.25) is 5.02 Å². The lowest BCUT2D eigenvalue weighted by atomic mass is 9.96. The van der Waals surface area contributed by atoms with E-state index >= 15 is 0 Å². The summed E-state index contributed by atoms with van der Waals surface area (Å²) in [6, 6.07) is 0. The average molecular weight is 402 g/mol. The van der Waals surface area contributed by atoms with Crippen molar-refractivity contribution in [3.05, 3.63) is 28.6 Å². The number of aromatic amines is 1. The maximum Gasteiger partial charge on any atom is 0.274 e. The molecule has 2 aromatic heterocycles. The normalized spacial score (nSPS) is 20.8. The Morgan fingerprint density at radius 2 is 1.79 bits per heavy atom. The minimum absolute atomic E-state index is 0.109. The van der Waals surface area contributed by atoms with Crippen molar-refractivity contribution in [2.75, 3.05) is 31.1 Å². The van der Waals surface area contributed by atoms with E-state index in [-0.39, 0.29) is 5.91 Å². The van der Waals surface area contributed by atoms with E-state index in [0.29, 0.717) is 41.6 Å². The number of rotatable bonds is 4. The fourth-order valence-electron chi connectivity index (χ4n) is 4.08. The van der Waals surface area contributed by atoms with Gasteiger partial charge in [0.25, 0.3) is 5.91 Å². The molecule has 8 nitrogen and oxygen atoms in total. The molecule has 5 rings (SSSR count). The van der Waals surface area contributed by atoms with Crippen LogP contribution in [0, 0.1) is 0 Å². The number of piperidine rings is 1. The maximum absolute atomic E-state index is 13.0. The van der Waals surface area contributed by atoms with Gasteiger partial charge < -0.3 is 9.80 Å². The van der Waals surface area contributed by atoms with E-state index in [4.69, 9.17) is 11.6 Å². The summed E-state index contributed by atoms with van der Waals surface area (Å²) >= 11 is 6.27. The van der Waals surface area contributed by atoms with Crippen molar-refractivity contribution < 1.29 is 4.79 Å². The van der Waals surface area contributed by atoms with Crippen LogP contribution >= 0.6 is 11.6 Å². The molecule has 1 aliphatic carbocycles. The first-order valence-electron chi connectivity index (χ1n) is 10.2. The molecular weight excluding hydrogens is 378 g/mol. The third-order valence-corrected chi connectivity index (χ3v) is 6.23. The van der Waals surface area contributed by atoms with Crippen LogP contribution in [0.5, 0.6) is 0 Å². The molecule has 2 aliphatic heterocycles. The predicted octanol–water partition coefficient (Wildman–Crippen LogP) is 2.75. The Morgan fingerprint density at radius 3 is 2.50 bits per heavy atom. The molecule has 3 aliphatic rings. The molecule has 1 saturated carbocycles. The van der Waals surface area contributed by atoms with Crippen LogP contribution in [-0.4, -0.2) is 62.1 Å². The lowest BCUT2D eigenvalue weighted by molar-refractivity contribution is 0.0705. The summed E-state index contributed by atoms with van der Waals surface area (Å²) in [5.74, 6) is 3.29. The number of halogens is 1. The maximum atomic E-state index is 13.0. The van der Waals surface area contributed by atoms with Gasteiger partial charge in [0, 0.05) is 38.0 Å². The number of hydrogen-bond donors (Lipinski definition) is 1. The van der Waals surface area contributed by atoms with Crippen LogP contribution in [0.25, 0.3) is 0 Å². The smallest absolute Gasteiger partial charge is 0.274 e. The largest absolute Gasteiger partial charge is 0.341 e. The quantitative estimate of drug-likeness (QED) is 0.847. The van der Waals surface area contributed by atoms with Gasteiger partial charge in [-0.3, -0.25) is 9.89 Å². The van der Waals surface area contributed by atoms with E-state index in [1.54, 1.807) is 6.20 Å². The summed E-state index contributed by atoms with van der Waals surface area (Å²) in [5.41, 5.74) is 0.313. The van der Waals surface area contributed by atoms with Gasteiger partial charge in [0.2, 0.25) is 5.95 Å². The summed E-state index contributed by atoms with van der Waals surface area (Å²) in [7, 11) is 0. The summed E-state index contributed by atoms with van der Waals surface area (Å²) in [6.07, 6.45) is 7.95. The predicted molar refractivity (Wildman–Crippen MR) is 105 cm³/mol. The van der Waals surface area contributed by atoms with Crippen molar-refractivity contribution in [3.63, 3.8) is 0 Å². The van der Waals surface area contributed by atoms with Gasteiger partial charge in [0.15, 0.2) is 11.5 Å². The highest BCUT2D eigenvalue weighted by atomic mass is 35.5. The van der Waals surface area contributed by atoms with Crippen molar-refractivity contribution in [2.45, 2.75) is 50.4 Å². The minimum atomic E-state index is -0.109. The van der Waals surface area contributed by atoms with Crippen LogP contribution in [0.3, 0.4) is 0 Å². The molecule has 0 radical (unpaired) electrons. The van der Waals surface area contributed by atoms with Gasteiger partial charge in [-0.25, -0.2) is 15.0 Å². The first-order valence-corrected chi connectivity index (χ1v) is 10.6. The van der Waals surface area contributed by atoms with Crippen molar-refractivity contribution in [1.82, 2.24) is 30.0 Å². The molecule has 2 saturated heterocycles. The van der Waals surface area contributed by atoms with Crippen molar-refractivity contribution in [3.8, 4) is 0 Å². The molecule has 0 bridgehead atoms. The molecule has 1 amide bonds. The number of carbonyl (C=O) groups excluding carboxylic acids is 1. The Kier molecular flexibility index (Phi) is 4.66. The average Bonchev–Trinajstić information content (AvgIpc) is 3.21. The zero-order chi connectivity index (χ0) is 19.1. The minimum Gasteiger partial charge on any atom is -0.341 e. The first-order chi connectivity index (χ1) is 13.7. The molecule has 2 aromatic rings. The summed E-state index contributed by atoms with van der Waals surface area (Å²) in [6.45, 7) is 3.20. The van der Waals surface area contributed by atoms with Gasteiger partial charge in [0.1, 0.15) is 5.82 Å². The highest BCUT2D eigenvalue weighted by Gasteiger charge is 2.31. The molecule has 9 heteroatoms. The van der Waals surface area contributed by atoms with E-state index in [1.165, 1.54) is 12.8 Å². The number of hydrogen-bond acceptors (Lipinski definition) is 6. The topological polar surface area (TPSA) is 90.9 Å². The number of likely N-dealkylation sites (tertiary alicyclic amines) is 1. The number of anilines is 1. The summed E-state index contributed by atoms with van der Waals surface area (Å²) < 4.78 is 0. The van der Waals surface area contributed by atoms with Gasteiger partial charge in [-0.1, -0.05) is 11.6 Å². The molecule has 28 heavy (non-hydrogen) atoms. The van der Waals surface area contributed by atoms with Crippen LogP contribution in [0.1, 0.15) is 72.5 Å². The monoisotopic (exact) mass is 401 g/mol. The molecule has 0 unspecified atom stereocenters. The Balaban J connectivity index is 1.25. The van der Waals surface area contributed by atoms with E-state index in [1.807, 2.05) is 4.90 Å². The van der Waals surface area contributed by atoms with Crippen molar-refractivity contribution in [1.29, 1.82) is 0 Å². The van der Waals surface area contributed by atoms with Crippen LogP contribution < -0.4 is 4.90 Å². The number of amides is 1. The van der Waals surface area contributed by atoms with Crippen LogP contribution in [0.4, 0.5) is 5.95 Å². The van der Waals surface area contributed by atoms with Gasteiger partial charge >= 0.3 is 0 Å². The van der Waals surface area contributed by atoms with E-state index < -0.39 is 0 Å². The second-order valence-corrected chi connectivity index (χ2v) is 8.39. The van der Waals surface area contributed by atoms with Gasteiger partial charge in [-0.05, 0) is 38.5 Å². The van der Waals surface area contributed by atoms with Gasteiger partial charge in [-0.2, -0.15) is 5.10 Å². The fourth-order valence-corrected chi connectivity index (χ4v) is 4.25. The number of nitrogens with zero attached hydrogens (tertiary/aromatic N) is 6. The van der Waals surface area contributed by atoms with Crippen LogP contribution in [-0.2, 0) is 0 Å². The second kappa shape index (κ2) is 7.31. The number of aromatic nitrogens is 5. The molecular formula is C19H24ClN7O. The fraction of sp³-hybridized carbons (Fsp3) is 0.632. The number of carbonyl (C=O) groups is 1. The first kappa shape index (κ1) is 17.8. The second-order valence-electron chi connectivity index (χ2n) is 7.98. The van der Waals surface area contributed by atoms with Gasteiger partial charge in [-0.15, -0.1) is 0 Å². The highest BCUT2D eigenvalue weighted by molar-refractivity contribution is 6.33. The Morgan fingerprint density at radius 1 is 1.04 bits per heavy atom. The lowest BCUT2D eigenvalue weighted by Crippen LogP contribution is -2.39. The SMILES string of the molecule is O=C(c1nc(N2CCCC2)ncc1Cl)N1CCC(c2nc(C3CC3)n[nH]2)CC1. The lowest BCUT2D eigenvalue weighted by Gasteiger charge is -2.31. The standard InChI is InChI=1S/C19H24ClN7O/c20-14-11-21-19(27-7-1-2-8-27)22-15(14)18(28)26-9-5-13(6-10-26)17-23-16(24-25-17)12-3-4-12/h11-13H,1-10H2,(H,23,24,25). The zero-order valence-electron chi connectivity index (χ0n) is 15.8. The summed E-state index contributed by atoms with van der Waals surface area (Å²) in [4.78, 5) is 30.5. The van der Waals surface area contributed by atoms with E-state index in [2.05, 4.69) is 30.0 Å². The molecule has 0 atom stereocenters. The molecule has 0 aromatic carbocycles. The van der Waals surface area contributed by atoms with Crippen LogP contribution in [0.15, 0.2) is 6.20 Å². The highest BCUT2D eigenvalue weighted by Crippen LogP contribution is 2.38. The van der Waals surface area contributed by atoms with E-state index in [0.717, 1.165) is 50.4 Å². The molecule has 0 spiro atoms. The number of nitrogens with one attached hydrogen (secondary N) is 1. The molecule has 148 valence electrons. The van der Waals surface area contributed by atoms with Crippen molar-refractivity contribution in [2.24, 2.45) is 0 Å². The molecule has 1 N–H and O–H groups in total. The Hall–Kier alpha value is -2.22. The molecule has 4 heterocycles. The zero-order valence-corrected chi connectivity index (χ0v) is 16.5. The Labute approximate surface area is 168 Å². The van der Waals surface area contributed by atoms with Gasteiger partial charge in [0.05, 0.1) is 11.2 Å². The Bertz CT molecular complexity index is 867. The third-order valence-electron chi connectivity index (χ3n) is 5.95. The van der Waals surface area contributed by atoms with E-state index in [9.17, 15) is 4.79 Å². The third kappa shape index (κ3) is 3.45. The summed E-state index contributed by atoms with van der Waals surface area (Å²) in [5, 5.41) is 7.79. The number of H-pyrrole nitrogens is 1. The van der Waals surface area contributed by atoms with Crippen molar-refractivity contribution >= 4 is 23.5 Å². The molecule has 3 fully saturated rings.